The predicted molar refractivity (Wildman–Crippen MR) is 117 cm³/mol. The van der Waals surface area contributed by atoms with Crippen molar-refractivity contribution in [3.8, 4) is 11.5 Å². The summed E-state index contributed by atoms with van der Waals surface area (Å²) in [6.45, 7) is 2.10. The van der Waals surface area contributed by atoms with Crippen molar-refractivity contribution < 1.29 is 17.7 Å². The van der Waals surface area contributed by atoms with E-state index in [1.54, 1.807) is 0 Å². The third kappa shape index (κ3) is 4.32. The van der Waals surface area contributed by atoms with Gasteiger partial charge in [0.15, 0.2) is 11.5 Å². The minimum atomic E-state index is -4.13. The van der Waals surface area contributed by atoms with E-state index in [1.807, 2.05) is 66.7 Å². The fraction of sp³-hybridized carbons (Fsp3) is 0.261. The van der Waals surface area contributed by atoms with Gasteiger partial charge in [-0.25, -0.2) is 0 Å². The van der Waals surface area contributed by atoms with Gasteiger partial charge in [-0.3, -0.25) is 9.54 Å². The molecule has 0 radical (unpaired) electrons. The molecule has 1 N–H and O–H groups in total. The molecule has 0 spiro atoms. The summed E-state index contributed by atoms with van der Waals surface area (Å²) in [5, 5.41) is 0. The highest BCUT2D eigenvalue weighted by molar-refractivity contribution is 7.85. The van der Waals surface area contributed by atoms with E-state index in [0.29, 0.717) is 11.5 Å². The van der Waals surface area contributed by atoms with Crippen LogP contribution in [0.1, 0.15) is 37.2 Å². The zero-order chi connectivity index (χ0) is 21.1. The van der Waals surface area contributed by atoms with Gasteiger partial charge in [0.1, 0.15) is 0 Å². The number of rotatable bonds is 7. The van der Waals surface area contributed by atoms with Crippen LogP contribution in [0.25, 0.3) is 0 Å². The van der Waals surface area contributed by atoms with Gasteiger partial charge in [-0.15, -0.1) is 0 Å². The SMILES string of the molecule is CCCc1cccc(C(CCS(=O)(=O)O)N2c3ccccc3Oc3ccccc32)n1. The molecule has 1 aliphatic rings. The van der Waals surface area contributed by atoms with Crippen molar-refractivity contribution in [2.24, 2.45) is 0 Å². The van der Waals surface area contributed by atoms with Crippen molar-refractivity contribution in [3.05, 3.63) is 78.1 Å². The Morgan fingerprint density at radius 1 is 0.967 bits per heavy atom. The van der Waals surface area contributed by atoms with E-state index < -0.39 is 16.2 Å². The molecule has 0 amide bonds. The van der Waals surface area contributed by atoms with E-state index >= 15 is 0 Å². The fourth-order valence-corrected chi connectivity index (χ4v) is 4.34. The van der Waals surface area contributed by atoms with Crippen LogP contribution in [0.5, 0.6) is 11.5 Å². The maximum Gasteiger partial charge on any atom is 0.264 e. The summed E-state index contributed by atoms with van der Waals surface area (Å²) in [6, 6.07) is 20.8. The maximum atomic E-state index is 11.6. The topological polar surface area (TPSA) is 79.7 Å². The van der Waals surface area contributed by atoms with E-state index in [2.05, 4.69) is 11.8 Å². The standard InChI is InChI=1S/C23H24N2O4S/c1-2-8-17-9-7-10-18(24-17)19(15-16-30(26,27)28)25-20-11-3-5-13-22(20)29-23-14-6-4-12-21(23)25/h3-7,9-14,19H,2,8,15-16H2,1H3,(H,26,27,28). The van der Waals surface area contributed by atoms with Crippen molar-refractivity contribution in [1.82, 2.24) is 4.98 Å². The second kappa shape index (κ2) is 8.45. The largest absolute Gasteiger partial charge is 0.453 e. The van der Waals surface area contributed by atoms with Gasteiger partial charge in [-0.1, -0.05) is 43.7 Å². The number of hydrogen-bond donors (Lipinski definition) is 1. The van der Waals surface area contributed by atoms with Crippen LogP contribution in [0.2, 0.25) is 0 Å². The molecule has 0 fully saturated rings. The van der Waals surface area contributed by atoms with Crippen LogP contribution in [0, 0.1) is 0 Å². The fourth-order valence-electron chi connectivity index (χ4n) is 3.82. The van der Waals surface area contributed by atoms with Crippen LogP contribution in [-0.2, 0) is 16.5 Å². The normalized spacial score (nSPS) is 13.9. The van der Waals surface area contributed by atoms with Crippen molar-refractivity contribution in [2.75, 3.05) is 10.7 Å². The van der Waals surface area contributed by atoms with Gasteiger partial charge in [0.2, 0.25) is 0 Å². The van der Waals surface area contributed by atoms with Crippen molar-refractivity contribution in [3.63, 3.8) is 0 Å². The quantitative estimate of drug-likeness (QED) is 0.519. The van der Waals surface area contributed by atoms with Gasteiger partial charge < -0.3 is 9.64 Å². The first-order valence-electron chi connectivity index (χ1n) is 10.0. The minimum Gasteiger partial charge on any atom is -0.453 e. The lowest BCUT2D eigenvalue weighted by molar-refractivity contribution is 0.460. The van der Waals surface area contributed by atoms with Gasteiger partial charge in [0, 0.05) is 5.69 Å². The van der Waals surface area contributed by atoms with E-state index in [4.69, 9.17) is 9.72 Å². The molecule has 156 valence electrons. The van der Waals surface area contributed by atoms with Crippen LogP contribution in [0.4, 0.5) is 11.4 Å². The lowest BCUT2D eigenvalue weighted by Crippen LogP contribution is -2.29. The maximum absolute atomic E-state index is 11.6. The first-order chi connectivity index (χ1) is 14.5. The molecule has 1 unspecified atom stereocenters. The Morgan fingerprint density at radius 2 is 1.60 bits per heavy atom. The van der Waals surface area contributed by atoms with Gasteiger partial charge >= 0.3 is 0 Å². The highest BCUT2D eigenvalue weighted by Crippen LogP contribution is 2.50. The first kappa shape index (κ1) is 20.4. The summed E-state index contributed by atoms with van der Waals surface area (Å²) in [5.41, 5.74) is 3.39. The number of nitrogens with zero attached hydrogens (tertiary/aromatic N) is 2. The third-order valence-corrected chi connectivity index (χ3v) is 5.86. The van der Waals surface area contributed by atoms with Crippen LogP contribution in [-0.4, -0.2) is 23.7 Å². The van der Waals surface area contributed by atoms with Gasteiger partial charge in [-0.2, -0.15) is 8.42 Å². The summed E-state index contributed by atoms with van der Waals surface area (Å²) >= 11 is 0. The van der Waals surface area contributed by atoms with E-state index in [9.17, 15) is 13.0 Å². The molecule has 3 aromatic rings. The molecule has 4 rings (SSSR count). The second-order valence-electron chi connectivity index (χ2n) is 7.30. The molecule has 1 aromatic heterocycles. The number of benzene rings is 2. The Labute approximate surface area is 176 Å². The highest BCUT2D eigenvalue weighted by atomic mass is 32.2. The molecule has 0 saturated heterocycles. The molecule has 0 aliphatic carbocycles. The van der Waals surface area contributed by atoms with E-state index in [0.717, 1.165) is 35.6 Å². The molecule has 7 heteroatoms. The summed E-state index contributed by atoms with van der Waals surface area (Å²) < 4.78 is 38.7. The predicted octanol–water partition coefficient (Wildman–Crippen LogP) is 5.30. The average molecular weight is 425 g/mol. The number of aromatic nitrogens is 1. The lowest BCUT2D eigenvalue weighted by Gasteiger charge is -2.38. The van der Waals surface area contributed by atoms with Crippen LogP contribution >= 0.6 is 0 Å². The lowest BCUT2D eigenvalue weighted by atomic mass is 10.0. The zero-order valence-corrected chi connectivity index (χ0v) is 17.5. The van der Waals surface area contributed by atoms with E-state index in [-0.39, 0.29) is 12.2 Å². The van der Waals surface area contributed by atoms with Crippen LogP contribution < -0.4 is 9.64 Å². The Bertz CT molecular complexity index is 1100. The average Bonchev–Trinajstić information content (AvgIpc) is 2.73. The summed E-state index contributed by atoms with van der Waals surface area (Å²) in [4.78, 5) is 6.89. The number of aryl methyl sites for hydroxylation is 1. The van der Waals surface area contributed by atoms with Crippen molar-refractivity contribution in [2.45, 2.75) is 32.2 Å². The zero-order valence-electron chi connectivity index (χ0n) is 16.7. The molecule has 30 heavy (non-hydrogen) atoms. The highest BCUT2D eigenvalue weighted by Gasteiger charge is 2.32. The Balaban J connectivity index is 1.86. The summed E-state index contributed by atoms with van der Waals surface area (Å²) in [6.07, 6.45) is 1.99. The molecule has 1 aliphatic heterocycles. The van der Waals surface area contributed by atoms with Gasteiger partial charge in [-0.05, 0) is 49.2 Å². The second-order valence-corrected chi connectivity index (χ2v) is 8.87. The third-order valence-electron chi connectivity index (χ3n) is 5.11. The Hall–Kier alpha value is -2.90. The molecule has 0 bridgehead atoms. The van der Waals surface area contributed by atoms with Crippen molar-refractivity contribution in [1.29, 1.82) is 0 Å². The smallest absolute Gasteiger partial charge is 0.264 e. The molecule has 1 atom stereocenters. The first-order valence-corrected chi connectivity index (χ1v) is 11.6. The molecular weight excluding hydrogens is 400 g/mol. The van der Waals surface area contributed by atoms with Crippen LogP contribution in [0.15, 0.2) is 66.7 Å². The summed E-state index contributed by atoms with van der Waals surface area (Å²) in [7, 11) is -4.13. The molecule has 2 aromatic carbocycles. The molecule has 2 heterocycles. The number of anilines is 2. The van der Waals surface area contributed by atoms with Gasteiger partial charge in [0.05, 0.1) is 28.9 Å². The molecule has 6 nitrogen and oxygen atoms in total. The Kier molecular flexibility index (Phi) is 5.74. The molecule has 0 saturated carbocycles. The minimum absolute atomic E-state index is 0.185. The summed E-state index contributed by atoms with van der Waals surface area (Å²) in [5.74, 6) is 1.02. The number of hydrogen-bond acceptors (Lipinski definition) is 5. The van der Waals surface area contributed by atoms with E-state index in [1.165, 1.54) is 0 Å². The van der Waals surface area contributed by atoms with Crippen molar-refractivity contribution >= 4 is 21.5 Å². The van der Waals surface area contributed by atoms with Crippen LogP contribution in [0.3, 0.4) is 0 Å². The number of ether oxygens (including phenoxy) is 1. The monoisotopic (exact) mass is 424 g/mol. The number of fused-ring (bicyclic) bond motifs is 2. The number of para-hydroxylation sites is 4. The molecular formula is C23H24N2O4S. The Morgan fingerprint density at radius 3 is 2.20 bits per heavy atom. The van der Waals surface area contributed by atoms with Gasteiger partial charge in [0.25, 0.3) is 10.1 Å². The number of pyridine rings is 1.